The second-order valence-electron chi connectivity index (χ2n) is 5.10. The predicted molar refractivity (Wildman–Crippen MR) is 69.8 cm³/mol. The molecule has 1 aliphatic rings. The fraction of sp³-hybridized carbons (Fsp3) is 0.692. The maximum Gasteiger partial charge on any atom is 0.254 e. The van der Waals surface area contributed by atoms with Crippen molar-refractivity contribution in [3.05, 3.63) is 22.2 Å². The minimum absolute atomic E-state index is 0.155. The van der Waals surface area contributed by atoms with E-state index in [-0.39, 0.29) is 11.1 Å². The molecule has 1 aliphatic carbocycles. The molecule has 1 aromatic rings. The van der Waals surface area contributed by atoms with Crippen molar-refractivity contribution in [1.29, 1.82) is 0 Å². The van der Waals surface area contributed by atoms with Gasteiger partial charge >= 0.3 is 0 Å². The first-order valence-electron chi connectivity index (χ1n) is 6.59. The average Bonchev–Trinajstić information content (AvgIpc) is 3.19. The first kappa shape index (κ1) is 13.1. The zero-order valence-electron chi connectivity index (χ0n) is 11.0. The first-order valence-corrected chi connectivity index (χ1v) is 6.59. The van der Waals surface area contributed by atoms with Gasteiger partial charge in [-0.05, 0) is 25.7 Å². The number of hydrogen-bond acceptors (Lipinski definition) is 4. The van der Waals surface area contributed by atoms with Gasteiger partial charge < -0.3 is 15.5 Å². The molecule has 0 unspecified atom stereocenters. The van der Waals surface area contributed by atoms with Gasteiger partial charge in [-0.3, -0.25) is 4.79 Å². The third-order valence-electron chi connectivity index (χ3n) is 3.62. The molecule has 0 atom stereocenters. The van der Waals surface area contributed by atoms with Crippen molar-refractivity contribution in [2.24, 2.45) is 5.73 Å². The lowest BCUT2D eigenvalue weighted by Gasteiger charge is -2.26. The lowest BCUT2D eigenvalue weighted by Crippen LogP contribution is -2.44. The van der Waals surface area contributed by atoms with Gasteiger partial charge in [0.25, 0.3) is 5.56 Å². The van der Waals surface area contributed by atoms with Crippen LogP contribution in [0.4, 0.5) is 0 Å². The van der Waals surface area contributed by atoms with Gasteiger partial charge in [-0.25, -0.2) is 0 Å². The summed E-state index contributed by atoms with van der Waals surface area (Å²) in [5.41, 5.74) is 5.66. The molecule has 0 spiro atoms. The van der Waals surface area contributed by atoms with Crippen molar-refractivity contribution in [2.45, 2.75) is 51.0 Å². The van der Waals surface area contributed by atoms with E-state index < -0.39 is 0 Å². The van der Waals surface area contributed by atoms with Crippen LogP contribution < -0.4 is 16.0 Å². The van der Waals surface area contributed by atoms with E-state index in [0.717, 1.165) is 31.5 Å². The number of hydrogen-bond donors (Lipinski definition) is 2. The van der Waals surface area contributed by atoms with Gasteiger partial charge in [-0.2, -0.15) is 4.98 Å². The largest absolute Gasteiger partial charge is 0.476 e. The molecule has 0 bridgehead atoms. The number of aromatic nitrogens is 2. The maximum atomic E-state index is 11.5. The number of nitrogens with two attached hydrogens (primary N) is 1. The predicted octanol–water partition coefficient (Wildman–Crippen LogP) is 1.54. The van der Waals surface area contributed by atoms with Crippen LogP contribution >= 0.6 is 0 Å². The smallest absolute Gasteiger partial charge is 0.254 e. The highest BCUT2D eigenvalue weighted by Crippen LogP contribution is 2.37. The van der Waals surface area contributed by atoms with Crippen molar-refractivity contribution < 1.29 is 4.74 Å². The Hall–Kier alpha value is -1.36. The summed E-state index contributed by atoms with van der Waals surface area (Å²) >= 11 is 0. The van der Waals surface area contributed by atoms with E-state index in [1.807, 2.05) is 13.8 Å². The van der Waals surface area contributed by atoms with Gasteiger partial charge in [0.2, 0.25) is 5.88 Å². The highest BCUT2D eigenvalue weighted by atomic mass is 16.5. The quantitative estimate of drug-likeness (QED) is 0.803. The molecule has 5 nitrogen and oxygen atoms in total. The van der Waals surface area contributed by atoms with Gasteiger partial charge in [-0.1, -0.05) is 13.8 Å². The topological polar surface area (TPSA) is 81.0 Å². The van der Waals surface area contributed by atoms with Crippen LogP contribution in [0.15, 0.2) is 10.9 Å². The minimum atomic E-state index is -0.343. The third-order valence-corrected chi connectivity index (χ3v) is 3.62. The number of rotatable bonds is 6. The van der Waals surface area contributed by atoms with Crippen LogP contribution in [-0.2, 0) is 0 Å². The molecule has 3 N–H and O–H groups in total. The van der Waals surface area contributed by atoms with Crippen LogP contribution in [0.3, 0.4) is 0 Å². The summed E-state index contributed by atoms with van der Waals surface area (Å²) < 4.78 is 5.60. The molecule has 18 heavy (non-hydrogen) atoms. The van der Waals surface area contributed by atoms with E-state index in [0.29, 0.717) is 18.4 Å². The second-order valence-corrected chi connectivity index (χ2v) is 5.10. The number of nitrogens with one attached hydrogen (secondary N) is 1. The fourth-order valence-electron chi connectivity index (χ4n) is 1.75. The average molecular weight is 251 g/mol. The molecule has 0 aliphatic heterocycles. The Balaban J connectivity index is 2.07. The standard InChI is InChI=1S/C13H21N3O2/c1-3-13(14,4-2)8-18-11-7-10(17)15-12(16-11)9-5-6-9/h7,9H,3-6,8,14H2,1-2H3,(H,15,16,17). The molecule has 5 heteroatoms. The van der Waals surface area contributed by atoms with E-state index in [9.17, 15) is 4.79 Å². The molecular weight excluding hydrogens is 230 g/mol. The summed E-state index contributed by atoms with van der Waals surface area (Å²) in [4.78, 5) is 18.6. The minimum Gasteiger partial charge on any atom is -0.476 e. The molecule has 100 valence electrons. The van der Waals surface area contributed by atoms with E-state index in [4.69, 9.17) is 10.5 Å². The van der Waals surface area contributed by atoms with E-state index >= 15 is 0 Å². The van der Waals surface area contributed by atoms with Crippen LogP contribution in [-0.4, -0.2) is 22.1 Å². The molecule has 0 radical (unpaired) electrons. The molecule has 0 saturated heterocycles. The molecule has 1 fully saturated rings. The van der Waals surface area contributed by atoms with Crippen LogP contribution in [0.1, 0.15) is 51.3 Å². The Morgan fingerprint density at radius 1 is 1.50 bits per heavy atom. The maximum absolute atomic E-state index is 11.5. The molecule has 0 aromatic carbocycles. The zero-order valence-corrected chi connectivity index (χ0v) is 11.0. The molecule has 0 amide bonds. The van der Waals surface area contributed by atoms with Crippen molar-refractivity contribution in [3.63, 3.8) is 0 Å². The molecule has 1 heterocycles. The van der Waals surface area contributed by atoms with Crippen LogP contribution in [0.5, 0.6) is 5.88 Å². The van der Waals surface area contributed by atoms with E-state index in [1.165, 1.54) is 6.07 Å². The Kier molecular flexibility index (Phi) is 3.71. The SMILES string of the molecule is CCC(N)(CC)COc1cc(=O)[nH]c(C2CC2)n1. The Morgan fingerprint density at radius 3 is 2.72 bits per heavy atom. The molecule has 2 rings (SSSR count). The Labute approximate surface area is 107 Å². The van der Waals surface area contributed by atoms with Crippen molar-refractivity contribution in [1.82, 2.24) is 9.97 Å². The summed E-state index contributed by atoms with van der Waals surface area (Å²) in [5, 5.41) is 0. The lowest BCUT2D eigenvalue weighted by molar-refractivity contribution is 0.200. The van der Waals surface area contributed by atoms with Crippen LogP contribution in [0.25, 0.3) is 0 Å². The van der Waals surface area contributed by atoms with Crippen molar-refractivity contribution >= 4 is 0 Å². The highest BCUT2D eigenvalue weighted by molar-refractivity contribution is 5.14. The summed E-state index contributed by atoms with van der Waals surface area (Å²) in [5.74, 6) is 1.53. The van der Waals surface area contributed by atoms with Crippen LogP contribution in [0, 0.1) is 0 Å². The molecule has 1 aromatic heterocycles. The summed E-state index contributed by atoms with van der Waals surface area (Å²) in [6.07, 6.45) is 3.86. The number of ether oxygens (including phenoxy) is 1. The zero-order chi connectivity index (χ0) is 13.2. The van der Waals surface area contributed by atoms with E-state index in [2.05, 4.69) is 9.97 Å². The van der Waals surface area contributed by atoms with E-state index in [1.54, 1.807) is 0 Å². The second kappa shape index (κ2) is 5.10. The van der Waals surface area contributed by atoms with Crippen molar-refractivity contribution in [2.75, 3.05) is 6.61 Å². The normalized spacial score (nSPS) is 15.7. The first-order chi connectivity index (χ1) is 8.56. The van der Waals surface area contributed by atoms with Crippen LogP contribution in [0.2, 0.25) is 0 Å². The summed E-state index contributed by atoms with van der Waals surface area (Å²) in [7, 11) is 0. The van der Waals surface area contributed by atoms with Gasteiger partial charge in [0.15, 0.2) is 0 Å². The number of aromatic amines is 1. The van der Waals surface area contributed by atoms with Gasteiger partial charge in [-0.15, -0.1) is 0 Å². The van der Waals surface area contributed by atoms with Crippen molar-refractivity contribution in [3.8, 4) is 5.88 Å². The lowest BCUT2D eigenvalue weighted by atomic mass is 9.96. The van der Waals surface area contributed by atoms with Gasteiger partial charge in [0.05, 0.1) is 6.07 Å². The fourth-order valence-corrected chi connectivity index (χ4v) is 1.75. The summed E-state index contributed by atoms with van der Waals surface area (Å²) in [6.45, 7) is 4.46. The third kappa shape index (κ3) is 3.10. The Morgan fingerprint density at radius 2 is 2.17 bits per heavy atom. The molecule has 1 saturated carbocycles. The van der Waals surface area contributed by atoms with Gasteiger partial charge in [0, 0.05) is 11.5 Å². The number of nitrogens with zero attached hydrogens (tertiary/aromatic N) is 1. The number of H-pyrrole nitrogens is 1. The summed E-state index contributed by atoms with van der Waals surface area (Å²) in [6, 6.07) is 1.39. The highest BCUT2D eigenvalue weighted by Gasteiger charge is 2.27. The molecular formula is C13H21N3O2. The van der Waals surface area contributed by atoms with Gasteiger partial charge in [0.1, 0.15) is 12.4 Å². The Bertz CT molecular complexity index is 462. The monoisotopic (exact) mass is 251 g/mol.